The van der Waals surface area contributed by atoms with Gasteiger partial charge < -0.3 is 10.4 Å². The standard InChI is InChI=1S/C19H15ClN4O3/c20-12-4-5-14-15-9-24(23-13-3-1-2-11(6-13)19(26)27)10-21-16(15)8-18(25)22-17(14)7-12/h1-7,10,23H,8-9H2,(H,22,25)(H,26,27). The topological polar surface area (TPSA) is 94.0 Å². The molecule has 136 valence electrons. The number of carbonyl (C=O) groups excluding carboxylic acids is 1. The van der Waals surface area contributed by atoms with Crippen molar-refractivity contribution in [2.75, 3.05) is 17.3 Å². The Labute approximate surface area is 159 Å². The number of aromatic carboxylic acids is 1. The maximum absolute atomic E-state index is 12.1. The van der Waals surface area contributed by atoms with E-state index in [0.717, 1.165) is 11.1 Å². The van der Waals surface area contributed by atoms with E-state index in [1.807, 2.05) is 6.07 Å². The molecule has 0 fully saturated rings. The molecule has 7 nitrogen and oxygen atoms in total. The number of halogens is 1. The minimum atomic E-state index is -0.991. The van der Waals surface area contributed by atoms with Crippen LogP contribution < -0.4 is 10.7 Å². The molecule has 0 aliphatic carbocycles. The van der Waals surface area contributed by atoms with E-state index in [-0.39, 0.29) is 17.9 Å². The molecule has 2 aromatic rings. The van der Waals surface area contributed by atoms with E-state index in [4.69, 9.17) is 16.7 Å². The Bertz CT molecular complexity index is 1020. The molecule has 2 aliphatic heterocycles. The van der Waals surface area contributed by atoms with Crippen molar-refractivity contribution in [2.24, 2.45) is 4.99 Å². The van der Waals surface area contributed by atoms with Crippen LogP contribution in [0.4, 0.5) is 11.4 Å². The molecule has 2 heterocycles. The fourth-order valence-corrected chi connectivity index (χ4v) is 3.27. The minimum Gasteiger partial charge on any atom is -0.478 e. The summed E-state index contributed by atoms with van der Waals surface area (Å²) in [5, 5.41) is 14.3. The number of hydrazine groups is 1. The lowest BCUT2D eigenvalue weighted by Crippen LogP contribution is -2.33. The summed E-state index contributed by atoms with van der Waals surface area (Å²) in [4.78, 5) is 27.7. The van der Waals surface area contributed by atoms with Gasteiger partial charge in [-0.05, 0) is 30.3 Å². The first-order valence-electron chi connectivity index (χ1n) is 8.22. The zero-order chi connectivity index (χ0) is 19.0. The second-order valence-electron chi connectivity index (χ2n) is 6.21. The highest BCUT2D eigenvalue weighted by Gasteiger charge is 2.25. The summed E-state index contributed by atoms with van der Waals surface area (Å²) in [5.74, 6) is -1.13. The second kappa shape index (κ2) is 6.77. The van der Waals surface area contributed by atoms with Crippen LogP contribution in [0.5, 0.6) is 0 Å². The van der Waals surface area contributed by atoms with Crippen molar-refractivity contribution < 1.29 is 14.7 Å². The van der Waals surface area contributed by atoms with E-state index >= 15 is 0 Å². The number of amides is 1. The molecule has 8 heteroatoms. The number of anilines is 2. The third kappa shape index (κ3) is 3.50. The number of carboxylic acids is 1. The molecule has 27 heavy (non-hydrogen) atoms. The highest BCUT2D eigenvalue weighted by atomic mass is 35.5. The number of benzene rings is 2. The zero-order valence-electron chi connectivity index (χ0n) is 14.1. The summed E-state index contributed by atoms with van der Waals surface area (Å²) in [6.07, 6.45) is 1.78. The molecule has 0 unspecified atom stereocenters. The van der Waals surface area contributed by atoms with Crippen molar-refractivity contribution in [3.8, 4) is 0 Å². The summed E-state index contributed by atoms with van der Waals surface area (Å²) in [6, 6.07) is 11.9. The van der Waals surface area contributed by atoms with Gasteiger partial charge in [-0.3, -0.25) is 15.2 Å². The van der Waals surface area contributed by atoms with Crippen molar-refractivity contribution in [1.82, 2.24) is 5.01 Å². The molecular formula is C19H15ClN4O3. The van der Waals surface area contributed by atoms with Gasteiger partial charge in [-0.1, -0.05) is 23.7 Å². The molecule has 0 aromatic heterocycles. The molecule has 0 atom stereocenters. The SMILES string of the molecule is O=C1CC2=C(CN(Nc3cccc(C(=O)O)c3)C=N2)c2ccc(Cl)cc2N1. The van der Waals surface area contributed by atoms with Gasteiger partial charge >= 0.3 is 5.97 Å². The molecule has 1 amide bonds. The fourth-order valence-electron chi connectivity index (χ4n) is 3.10. The largest absolute Gasteiger partial charge is 0.478 e. The average Bonchev–Trinajstić information content (AvgIpc) is 2.76. The Hall–Kier alpha value is -3.32. The van der Waals surface area contributed by atoms with Crippen LogP contribution in [-0.2, 0) is 4.79 Å². The zero-order valence-corrected chi connectivity index (χ0v) is 14.8. The number of carboxylic acid groups (broad SMARTS) is 1. The first kappa shape index (κ1) is 17.1. The average molecular weight is 383 g/mol. The van der Waals surface area contributed by atoms with E-state index in [1.165, 1.54) is 6.07 Å². The number of hydrogen-bond acceptors (Lipinski definition) is 5. The van der Waals surface area contributed by atoms with Gasteiger partial charge in [-0.15, -0.1) is 0 Å². The maximum atomic E-state index is 12.1. The van der Waals surface area contributed by atoms with Gasteiger partial charge in [0, 0.05) is 21.8 Å². The molecule has 2 aliphatic rings. The highest BCUT2D eigenvalue weighted by Crippen LogP contribution is 2.35. The molecular weight excluding hydrogens is 368 g/mol. The summed E-state index contributed by atoms with van der Waals surface area (Å²) < 4.78 is 0. The van der Waals surface area contributed by atoms with E-state index in [0.29, 0.717) is 28.6 Å². The van der Waals surface area contributed by atoms with Gasteiger partial charge in [0.15, 0.2) is 0 Å². The molecule has 3 N–H and O–H groups in total. The van der Waals surface area contributed by atoms with Gasteiger partial charge in [-0.2, -0.15) is 0 Å². The number of nitrogens with zero attached hydrogens (tertiary/aromatic N) is 2. The molecule has 0 saturated heterocycles. The molecule has 0 saturated carbocycles. The number of hydrogen-bond donors (Lipinski definition) is 3. The summed E-state index contributed by atoms with van der Waals surface area (Å²) >= 11 is 6.06. The number of carbonyl (C=O) groups is 2. The van der Waals surface area contributed by atoms with E-state index in [1.54, 1.807) is 41.7 Å². The Morgan fingerprint density at radius 2 is 2.11 bits per heavy atom. The summed E-state index contributed by atoms with van der Waals surface area (Å²) in [5.41, 5.74) is 7.09. The smallest absolute Gasteiger partial charge is 0.335 e. The number of rotatable bonds is 3. The van der Waals surface area contributed by atoms with Crippen LogP contribution >= 0.6 is 11.6 Å². The molecule has 0 radical (unpaired) electrons. The van der Waals surface area contributed by atoms with Gasteiger partial charge in [0.05, 0.1) is 29.9 Å². The highest BCUT2D eigenvalue weighted by molar-refractivity contribution is 6.31. The Morgan fingerprint density at radius 3 is 2.93 bits per heavy atom. The molecule has 0 bridgehead atoms. The van der Waals surface area contributed by atoms with Gasteiger partial charge in [0.2, 0.25) is 5.91 Å². The first-order chi connectivity index (χ1) is 13.0. The fraction of sp³-hybridized carbons (Fsp3) is 0.105. The quantitative estimate of drug-likeness (QED) is 0.755. The third-order valence-corrected chi connectivity index (χ3v) is 4.56. The van der Waals surface area contributed by atoms with E-state index in [2.05, 4.69) is 15.7 Å². The van der Waals surface area contributed by atoms with Crippen molar-refractivity contribution in [3.05, 3.63) is 64.3 Å². The second-order valence-corrected chi connectivity index (χ2v) is 6.65. The Morgan fingerprint density at radius 1 is 1.26 bits per heavy atom. The summed E-state index contributed by atoms with van der Waals surface area (Å²) in [7, 11) is 0. The van der Waals surface area contributed by atoms with Crippen LogP contribution in [0.1, 0.15) is 22.3 Å². The van der Waals surface area contributed by atoms with Crippen LogP contribution in [0.25, 0.3) is 5.57 Å². The van der Waals surface area contributed by atoms with Crippen molar-refractivity contribution >= 4 is 46.8 Å². The van der Waals surface area contributed by atoms with Crippen LogP contribution in [-0.4, -0.2) is 34.9 Å². The number of fused-ring (bicyclic) bond motifs is 2. The van der Waals surface area contributed by atoms with Crippen LogP contribution in [0.3, 0.4) is 0 Å². The van der Waals surface area contributed by atoms with Crippen molar-refractivity contribution in [3.63, 3.8) is 0 Å². The van der Waals surface area contributed by atoms with Gasteiger partial charge in [-0.25, -0.2) is 9.79 Å². The Balaban J connectivity index is 1.63. The number of aliphatic imine (C=N–C) groups is 1. The lowest BCUT2D eigenvalue weighted by molar-refractivity contribution is -0.115. The normalized spacial score (nSPS) is 15.6. The van der Waals surface area contributed by atoms with E-state index in [9.17, 15) is 9.59 Å². The van der Waals surface area contributed by atoms with Crippen molar-refractivity contribution in [2.45, 2.75) is 6.42 Å². The van der Waals surface area contributed by atoms with Crippen molar-refractivity contribution in [1.29, 1.82) is 0 Å². The van der Waals surface area contributed by atoms with Crippen LogP contribution in [0, 0.1) is 0 Å². The Kier molecular flexibility index (Phi) is 4.29. The lowest BCUT2D eigenvalue weighted by Gasteiger charge is -2.27. The predicted molar refractivity (Wildman–Crippen MR) is 104 cm³/mol. The lowest BCUT2D eigenvalue weighted by atomic mass is 10.0. The molecule has 0 spiro atoms. The van der Waals surface area contributed by atoms with Crippen LogP contribution in [0.2, 0.25) is 5.02 Å². The summed E-state index contributed by atoms with van der Waals surface area (Å²) in [6.45, 7) is 0.458. The third-order valence-electron chi connectivity index (χ3n) is 4.32. The van der Waals surface area contributed by atoms with Crippen LogP contribution in [0.15, 0.2) is 53.2 Å². The minimum absolute atomic E-state index is 0.142. The van der Waals surface area contributed by atoms with E-state index < -0.39 is 5.97 Å². The first-order valence-corrected chi connectivity index (χ1v) is 8.60. The number of nitrogens with one attached hydrogen (secondary N) is 2. The predicted octanol–water partition coefficient (Wildman–Crippen LogP) is 3.46. The monoisotopic (exact) mass is 382 g/mol. The van der Waals surface area contributed by atoms with Gasteiger partial charge in [0.25, 0.3) is 0 Å². The van der Waals surface area contributed by atoms with Gasteiger partial charge in [0.1, 0.15) is 6.34 Å². The molecule has 2 aromatic carbocycles. The maximum Gasteiger partial charge on any atom is 0.335 e. The molecule has 4 rings (SSSR count).